The van der Waals surface area contributed by atoms with Gasteiger partial charge in [0.25, 0.3) is 0 Å². The first-order valence-corrected chi connectivity index (χ1v) is 3.83. The number of nitrogens with two attached hydrogens (primary N) is 1. The topological polar surface area (TPSA) is 52.3 Å². The summed E-state index contributed by atoms with van der Waals surface area (Å²) in [6.07, 6.45) is 0.764. The van der Waals surface area contributed by atoms with Crippen molar-refractivity contribution in [3.8, 4) is 0 Å². The monoisotopic (exact) mass is 157 g/mol. The van der Waals surface area contributed by atoms with Gasteiger partial charge in [0.05, 0.1) is 13.0 Å². The summed E-state index contributed by atoms with van der Waals surface area (Å²) in [5.74, 6) is -0.126. The van der Waals surface area contributed by atoms with Crippen molar-refractivity contribution in [3.63, 3.8) is 0 Å². The molecule has 1 fully saturated rings. The highest BCUT2D eigenvalue weighted by atomic mass is 16.5. The highest BCUT2D eigenvalue weighted by molar-refractivity contribution is 5.74. The van der Waals surface area contributed by atoms with Crippen molar-refractivity contribution in [1.82, 2.24) is 0 Å². The predicted octanol–water partition coefficient (Wildman–Crippen LogP) is 0.533. The van der Waals surface area contributed by atoms with Crippen molar-refractivity contribution < 1.29 is 9.53 Å². The molecule has 0 bridgehead atoms. The lowest BCUT2D eigenvalue weighted by Crippen LogP contribution is -2.57. The van der Waals surface area contributed by atoms with Crippen LogP contribution < -0.4 is 5.73 Å². The van der Waals surface area contributed by atoms with Crippen molar-refractivity contribution >= 4 is 5.97 Å². The first-order valence-electron chi connectivity index (χ1n) is 3.83. The van der Waals surface area contributed by atoms with Crippen molar-refractivity contribution in [2.45, 2.75) is 26.3 Å². The molecule has 0 aromatic rings. The van der Waals surface area contributed by atoms with Gasteiger partial charge in [-0.2, -0.15) is 0 Å². The molecular weight excluding hydrogens is 142 g/mol. The molecule has 0 aromatic heterocycles. The number of hydrogen-bond acceptors (Lipinski definition) is 3. The maximum atomic E-state index is 11.1. The molecule has 0 spiro atoms. The van der Waals surface area contributed by atoms with E-state index in [0.717, 1.165) is 6.42 Å². The van der Waals surface area contributed by atoms with Crippen molar-refractivity contribution in [2.24, 2.45) is 17.1 Å². The zero-order valence-electron chi connectivity index (χ0n) is 7.26. The summed E-state index contributed by atoms with van der Waals surface area (Å²) in [6.45, 7) is 4.01. The lowest BCUT2D eigenvalue weighted by atomic mass is 9.59. The number of carbonyl (C=O) groups excluding carboxylic acids is 1. The van der Waals surface area contributed by atoms with Gasteiger partial charge >= 0.3 is 5.97 Å². The summed E-state index contributed by atoms with van der Waals surface area (Å²) in [5, 5.41) is 0. The second-order valence-electron chi connectivity index (χ2n) is 3.74. The summed E-state index contributed by atoms with van der Waals surface area (Å²) >= 11 is 0. The van der Waals surface area contributed by atoms with Gasteiger partial charge < -0.3 is 10.5 Å². The van der Waals surface area contributed by atoms with Crippen LogP contribution in [0.5, 0.6) is 0 Å². The molecule has 1 aliphatic carbocycles. The van der Waals surface area contributed by atoms with Crippen LogP contribution in [0.2, 0.25) is 0 Å². The van der Waals surface area contributed by atoms with Crippen LogP contribution >= 0.6 is 0 Å². The molecule has 0 heterocycles. The Morgan fingerprint density at radius 1 is 1.64 bits per heavy atom. The van der Waals surface area contributed by atoms with E-state index in [1.165, 1.54) is 7.11 Å². The van der Waals surface area contributed by atoms with E-state index >= 15 is 0 Å². The van der Waals surface area contributed by atoms with Crippen LogP contribution in [0.15, 0.2) is 0 Å². The van der Waals surface area contributed by atoms with Gasteiger partial charge in [0.2, 0.25) is 0 Å². The van der Waals surface area contributed by atoms with Gasteiger partial charge in [-0.25, -0.2) is 0 Å². The molecule has 0 amide bonds. The van der Waals surface area contributed by atoms with Crippen LogP contribution in [0, 0.1) is 11.3 Å². The van der Waals surface area contributed by atoms with Crippen LogP contribution in [0.25, 0.3) is 0 Å². The number of methoxy groups -OCH3 is 1. The smallest absolute Gasteiger partial charge is 0.309 e. The van der Waals surface area contributed by atoms with E-state index in [9.17, 15) is 4.79 Å². The SMILES string of the molecule is COC(=O)[C@@H]1C[C@H](N)C1(C)C. The number of hydrogen-bond donors (Lipinski definition) is 1. The third-order valence-corrected chi connectivity index (χ3v) is 2.83. The van der Waals surface area contributed by atoms with E-state index in [0.29, 0.717) is 0 Å². The molecule has 0 saturated heterocycles. The average Bonchev–Trinajstić information content (AvgIpc) is 1.98. The molecule has 1 saturated carbocycles. The maximum absolute atomic E-state index is 11.1. The molecular formula is C8H15NO2. The van der Waals surface area contributed by atoms with E-state index in [-0.39, 0.29) is 23.3 Å². The second kappa shape index (κ2) is 2.48. The Bertz CT molecular complexity index is 177. The Morgan fingerprint density at radius 3 is 2.45 bits per heavy atom. The van der Waals surface area contributed by atoms with Crippen LogP contribution in [0.3, 0.4) is 0 Å². The van der Waals surface area contributed by atoms with Gasteiger partial charge in [0.15, 0.2) is 0 Å². The highest BCUT2D eigenvalue weighted by Crippen LogP contribution is 2.45. The van der Waals surface area contributed by atoms with Crippen molar-refractivity contribution in [2.75, 3.05) is 7.11 Å². The average molecular weight is 157 g/mol. The van der Waals surface area contributed by atoms with Crippen molar-refractivity contribution in [3.05, 3.63) is 0 Å². The molecule has 2 atom stereocenters. The standard InChI is InChI=1S/C8H15NO2/c1-8(2)5(4-6(8)9)7(10)11-3/h5-6H,4,9H2,1-3H3/t5-,6-/m0/s1. The minimum atomic E-state index is -0.128. The zero-order chi connectivity index (χ0) is 8.65. The minimum Gasteiger partial charge on any atom is -0.469 e. The molecule has 1 rings (SSSR count). The third-order valence-electron chi connectivity index (χ3n) is 2.83. The summed E-state index contributed by atoms with van der Waals surface area (Å²) in [4.78, 5) is 11.1. The number of esters is 1. The maximum Gasteiger partial charge on any atom is 0.309 e. The second-order valence-corrected chi connectivity index (χ2v) is 3.74. The number of ether oxygens (including phenoxy) is 1. The molecule has 0 radical (unpaired) electrons. The largest absolute Gasteiger partial charge is 0.469 e. The molecule has 0 aromatic carbocycles. The molecule has 1 aliphatic rings. The minimum absolute atomic E-state index is 0.00231. The number of carbonyl (C=O) groups is 1. The molecule has 0 unspecified atom stereocenters. The van der Waals surface area contributed by atoms with E-state index in [1.807, 2.05) is 13.8 Å². The summed E-state index contributed by atoms with van der Waals surface area (Å²) in [6, 6.07) is 0.145. The predicted molar refractivity (Wildman–Crippen MR) is 41.9 cm³/mol. The summed E-state index contributed by atoms with van der Waals surface area (Å²) in [5.41, 5.74) is 5.66. The fourth-order valence-corrected chi connectivity index (χ4v) is 1.50. The zero-order valence-corrected chi connectivity index (χ0v) is 7.26. The van der Waals surface area contributed by atoms with Gasteiger partial charge in [-0.3, -0.25) is 4.79 Å². The Labute approximate surface area is 66.9 Å². The Hall–Kier alpha value is -0.570. The molecule has 3 heteroatoms. The van der Waals surface area contributed by atoms with E-state index in [2.05, 4.69) is 4.74 Å². The van der Waals surface area contributed by atoms with Gasteiger partial charge in [-0.1, -0.05) is 13.8 Å². The van der Waals surface area contributed by atoms with Gasteiger partial charge in [0.1, 0.15) is 0 Å². The first-order chi connectivity index (χ1) is 5.00. The van der Waals surface area contributed by atoms with Crippen LogP contribution in [0.1, 0.15) is 20.3 Å². The quantitative estimate of drug-likeness (QED) is 0.565. The lowest BCUT2D eigenvalue weighted by Gasteiger charge is -2.48. The fourth-order valence-electron chi connectivity index (χ4n) is 1.50. The van der Waals surface area contributed by atoms with E-state index < -0.39 is 0 Å². The van der Waals surface area contributed by atoms with Crippen molar-refractivity contribution in [1.29, 1.82) is 0 Å². The molecule has 0 aliphatic heterocycles. The number of rotatable bonds is 1. The fraction of sp³-hybridized carbons (Fsp3) is 0.875. The Balaban J connectivity index is 2.59. The third kappa shape index (κ3) is 1.13. The van der Waals surface area contributed by atoms with Gasteiger partial charge in [-0.15, -0.1) is 0 Å². The van der Waals surface area contributed by atoms with E-state index in [4.69, 9.17) is 5.73 Å². The Morgan fingerprint density at radius 2 is 2.18 bits per heavy atom. The Kier molecular flexibility index (Phi) is 1.92. The summed E-state index contributed by atoms with van der Waals surface area (Å²) in [7, 11) is 1.42. The van der Waals surface area contributed by atoms with Crippen LogP contribution in [0.4, 0.5) is 0 Å². The van der Waals surface area contributed by atoms with Gasteiger partial charge in [0, 0.05) is 6.04 Å². The molecule has 11 heavy (non-hydrogen) atoms. The van der Waals surface area contributed by atoms with Crippen LogP contribution in [-0.4, -0.2) is 19.1 Å². The molecule has 2 N–H and O–H groups in total. The normalized spacial score (nSPS) is 34.2. The van der Waals surface area contributed by atoms with E-state index in [1.54, 1.807) is 0 Å². The first kappa shape index (κ1) is 8.53. The molecule has 64 valence electrons. The molecule has 3 nitrogen and oxygen atoms in total. The van der Waals surface area contributed by atoms with Gasteiger partial charge in [-0.05, 0) is 11.8 Å². The lowest BCUT2D eigenvalue weighted by molar-refractivity contribution is -0.157. The van der Waals surface area contributed by atoms with Crippen LogP contribution in [-0.2, 0) is 9.53 Å². The highest BCUT2D eigenvalue weighted by Gasteiger charge is 2.50. The summed E-state index contributed by atoms with van der Waals surface area (Å²) < 4.78 is 4.64.